The lowest BCUT2D eigenvalue weighted by atomic mass is 10.1. The van der Waals surface area contributed by atoms with Gasteiger partial charge in [0.05, 0.1) is 6.61 Å². The van der Waals surface area contributed by atoms with Crippen LogP contribution in [0.15, 0.2) is 25.3 Å². The van der Waals surface area contributed by atoms with Crippen LogP contribution in [-0.2, 0) is 9.53 Å². The van der Waals surface area contributed by atoms with Gasteiger partial charge in [0.25, 0.3) is 0 Å². The van der Waals surface area contributed by atoms with Crippen molar-refractivity contribution in [2.24, 2.45) is 0 Å². The lowest BCUT2D eigenvalue weighted by Gasteiger charge is -2.03. The van der Waals surface area contributed by atoms with Crippen molar-refractivity contribution in [3.8, 4) is 0 Å². The van der Waals surface area contributed by atoms with Crippen LogP contribution in [0.25, 0.3) is 0 Å². The van der Waals surface area contributed by atoms with E-state index in [0.29, 0.717) is 6.61 Å². The molecule has 0 saturated carbocycles. The summed E-state index contributed by atoms with van der Waals surface area (Å²) in [7, 11) is 0. The van der Waals surface area contributed by atoms with Crippen LogP contribution in [0.3, 0.4) is 0 Å². The molecule has 0 aromatic carbocycles. The Bertz CT molecular complexity index is 234. The van der Waals surface area contributed by atoms with E-state index in [0.717, 1.165) is 6.42 Å². The van der Waals surface area contributed by atoms with Gasteiger partial charge in [-0.15, -0.1) is 6.58 Å². The molecule has 0 radical (unpaired) electrons. The van der Waals surface area contributed by atoms with Gasteiger partial charge in [0.2, 0.25) is 0 Å². The van der Waals surface area contributed by atoms with Gasteiger partial charge in [0, 0.05) is 6.08 Å². The van der Waals surface area contributed by atoms with E-state index in [4.69, 9.17) is 4.74 Å². The molecule has 0 amide bonds. The van der Waals surface area contributed by atoms with Crippen LogP contribution in [0.4, 0.5) is 0 Å². The van der Waals surface area contributed by atoms with E-state index in [1.54, 1.807) is 6.08 Å². The van der Waals surface area contributed by atoms with Crippen molar-refractivity contribution in [1.82, 2.24) is 0 Å². The lowest BCUT2D eigenvalue weighted by Crippen LogP contribution is -2.01. The number of allylic oxidation sites excluding steroid dienone is 1. The third-order valence-electron chi connectivity index (χ3n) is 3.16. The van der Waals surface area contributed by atoms with Gasteiger partial charge in [-0.2, -0.15) is 0 Å². The van der Waals surface area contributed by atoms with Gasteiger partial charge in [0.15, 0.2) is 0 Å². The quantitative estimate of drug-likeness (QED) is 0.174. The molecule has 0 aromatic rings. The minimum absolute atomic E-state index is 0.304. The van der Waals surface area contributed by atoms with Gasteiger partial charge in [0.1, 0.15) is 0 Å². The molecule has 0 aliphatic heterocycles. The molecule has 0 fully saturated rings. The highest BCUT2D eigenvalue weighted by atomic mass is 16.5. The number of ether oxygens (including phenoxy) is 1. The molecule has 0 heterocycles. The second-order valence-corrected chi connectivity index (χ2v) is 5.32. The Morgan fingerprint density at radius 3 is 1.62 bits per heavy atom. The smallest absolute Gasteiger partial charge is 0.330 e. The number of carbonyl (C=O) groups excluding carboxylic acids is 1. The Kier molecular flexibility index (Phi) is 22.5. The zero-order valence-electron chi connectivity index (χ0n) is 14.4. The normalized spacial score (nSPS) is 9.43. The first-order valence-electron chi connectivity index (χ1n) is 8.59. The van der Waals surface area contributed by atoms with E-state index in [2.05, 4.69) is 20.1 Å². The maximum absolute atomic E-state index is 10.8. The maximum Gasteiger partial charge on any atom is 0.330 e. The number of unbranched alkanes of at least 4 members (excludes halogenated alkanes) is 10. The van der Waals surface area contributed by atoms with Crippen molar-refractivity contribution in [1.29, 1.82) is 0 Å². The minimum Gasteiger partial charge on any atom is -0.463 e. The van der Waals surface area contributed by atoms with E-state index < -0.39 is 0 Å². The molecule has 0 N–H and O–H groups in total. The van der Waals surface area contributed by atoms with Gasteiger partial charge in [-0.1, -0.05) is 83.8 Å². The maximum atomic E-state index is 10.8. The SMILES string of the molecule is C=CC.C=CC(=O)OCCCCCCCCCCCCC. The average Bonchev–Trinajstić information content (AvgIpc) is 2.49. The van der Waals surface area contributed by atoms with E-state index >= 15 is 0 Å². The van der Waals surface area contributed by atoms with E-state index in [1.165, 1.54) is 70.3 Å². The van der Waals surface area contributed by atoms with Gasteiger partial charge in [-0.05, 0) is 13.3 Å². The van der Waals surface area contributed by atoms with E-state index in [1.807, 2.05) is 6.92 Å². The van der Waals surface area contributed by atoms with Crippen LogP contribution in [-0.4, -0.2) is 12.6 Å². The van der Waals surface area contributed by atoms with Crippen molar-refractivity contribution in [3.63, 3.8) is 0 Å². The number of carbonyl (C=O) groups is 1. The predicted octanol–water partition coefficient (Wildman–Crippen LogP) is 6.22. The summed E-state index contributed by atoms with van der Waals surface area (Å²) < 4.78 is 4.92. The summed E-state index contributed by atoms with van der Waals surface area (Å²) in [4.78, 5) is 10.8. The molecule has 0 saturated heterocycles. The van der Waals surface area contributed by atoms with E-state index in [-0.39, 0.29) is 5.97 Å². The Hall–Kier alpha value is -1.05. The summed E-state index contributed by atoms with van der Waals surface area (Å²) in [6.07, 6.45) is 17.4. The first kappa shape index (κ1) is 22.2. The van der Waals surface area contributed by atoms with Crippen LogP contribution in [0.1, 0.15) is 84.5 Å². The van der Waals surface area contributed by atoms with Crippen LogP contribution < -0.4 is 0 Å². The fourth-order valence-electron chi connectivity index (χ4n) is 2.00. The summed E-state index contributed by atoms with van der Waals surface area (Å²) in [6, 6.07) is 0. The summed E-state index contributed by atoms with van der Waals surface area (Å²) in [5, 5.41) is 0. The average molecular weight is 296 g/mol. The monoisotopic (exact) mass is 296 g/mol. The Labute approximate surface area is 132 Å². The minimum atomic E-state index is -0.304. The zero-order chi connectivity index (χ0) is 16.2. The largest absolute Gasteiger partial charge is 0.463 e. The van der Waals surface area contributed by atoms with Crippen molar-refractivity contribution in [2.75, 3.05) is 6.61 Å². The van der Waals surface area contributed by atoms with Gasteiger partial charge in [-0.3, -0.25) is 0 Å². The Balaban J connectivity index is 0. The highest BCUT2D eigenvalue weighted by Crippen LogP contribution is 2.11. The molecule has 0 unspecified atom stereocenters. The van der Waals surface area contributed by atoms with Crippen molar-refractivity contribution in [3.05, 3.63) is 25.3 Å². The molecule has 124 valence electrons. The first-order chi connectivity index (χ1) is 10.2. The number of esters is 1. The third-order valence-corrected chi connectivity index (χ3v) is 3.16. The molecule has 0 aromatic heterocycles. The second-order valence-electron chi connectivity index (χ2n) is 5.32. The first-order valence-corrected chi connectivity index (χ1v) is 8.59. The molecule has 0 atom stereocenters. The van der Waals surface area contributed by atoms with Crippen molar-refractivity contribution < 1.29 is 9.53 Å². The van der Waals surface area contributed by atoms with Gasteiger partial charge < -0.3 is 4.74 Å². The van der Waals surface area contributed by atoms with Crippen molar-refractivity contribution in [2.45, 2.75) is 84.5 Å². The van der Waals surface area contributed by atoms with Gasteiger partial charge >= 0.3 is 5.97 Å². The predicted molar refractivity (Wildman–Crippen MR) is 93.5 cm³/mol. The van der Waals surface area contributed by atoms with Crippen LogP contribution >= 0.6 is 0 Å². The molecular formula is C19H36O2. The highest BCUT2D eigenvalue weighted by molar-refractivity contribution is 5.81. The standard InChI is InChI=1S/C16H30O2.C3H6/c1-3-5-6-7-8-9-10-11-12-13-14-15-18-16(17)4-2;1-3-2/h4H,2-3,5-15H2,1H3;3H,1H2,2H3. The number of hydrogen-bond acceptors (Lipinski definition) is 2. The zero-order valence-corrected chi connectivity index (χ0v) is 14.4. The molecule has 2 nitrogen and oxygen atoms in total. The fraction of sp³-hybridized carbons (Fsp3) is 0.737. The van der Waals surface area contributed by atoms with Gasteiger partial charge in [-0.25, -0.2) is 4.79 Å². The van der Waals surface area contributed by atoms with Crippen molar-refractivity contribution >= 4 is 5.97 Å². The third kappa shape index (κ3) is 24.4. The molecule has 2 heteroatoms. The summed E-state index contributed by atoms with van der Waals surface area (Å²) in [6.45, 7) is 11.4. The van der Waals surface area contributed by atoms with Crippen LogP contribution in [0.2, 0.25) is 0 Å². The summed E-state index contributed by atoms with van der Waals surface area (Å²) in [5.41, 5.74) is 0. The Morgan fingerprint density at radius 2 is 1.24 bits per heavy atom. The summed E-state index contributed by atoms with van der Waals surface area (Å²) >= 11 is 0. The lowest BCUT2D eigenvalue weighted by molar-refractivity contribution is -0.137. The number of rotatable bonds is 13. The second kappa shape index (κ2) is 21.3. The topological polar surface area (TPSA) is 26.3 Å². The van der Waals surface area contributed by atoms with Crippen LogP contribution in [0, 0.1) is 0 Å². The molecule has 0 aliphatic carbocycles. The van der Waals surface area contributed by atoms with E-state index in [9.17, 15) is 4.79 Å². The summed E-state index contributed by atoms with van der Waals surface area (Å²) in [5.74, 6) is -0.304. The molecule has 0 rings (SSSR count). The molecular weight excluding hydrogens is 260 g/mol. The molecule has 21 heavy (non-hydrogen) atoms. The fourth-order valence-corrected chi connectivity index (χ4v) is 2.00. The molecule has 0 bridgehead atoms. The number of hydrogen-bond donors (Lipinski definition) is 0. The Morgan fingerprint density at radius 1 is 0.857 bits per heavy atom. The van der Waals surface area contributed by atoms with Crippen LogP contribution in [0.5, 0.6) is 0 Å². The molecule has 0 spiro atoms. The highest BCUT2D eigenvalue weighted by Gasteiger charge is 1.95. The molecule has 0 aliphatic rings.